The van der Waals surface area contributed by atoms with Gasteiger partial charge < -0.3 is 8.83 Å². The highest BCUT2D eigenvalue weighted by atomic mass is 16.3. The minimum atomic E-state index is 0.349. The normalized spacial score (nSPS) is 11.1. The Bertz CT molecular complexity index is 2810. The molecule has 0 atom stereocenters. The van der Waals surface area contributed by atoms with Gasteiger partial charge in [0.25, 0.3) is 0 Å². The van der Waals surface area contributed by atoms with E-state index in [1.165, 1.54) is 0 Å². The molecule has 9 aromatic rings. The van der Waals surface area contributed by atoms with Gasteiger partial charge in [-0.3, -0.25) is 0 Å². The lowest BCUT2D eigenvalue weighted by Crippen LogP contribution is -1.95. The van der Waals surface area contributed by atoms with E-state index in [4.69, 9.17) is 8.83 Å². The van der Waals surface area contributed by atoms with E-state index in [9.17, 15) is 15.8 Å². The zero-order valence-electron chi connectivity index (χ0n) is 26.4. The van der Waals surface area contributed by atoms with Crippen LogP contribution in [0.4, 0.5) is 0 Å². The molecule has 0 saturated heterocycles. The smallest absolute Gasteiger partial charge is 0.135 e. The second-order valence-corrected chi connectivity index (χ2v) is 12.2. The topological polar surface area (TPSA) is 97.7 Å². The van der Waals surface area contributed by atoms with Crippen LogP contribution in [0.15, 0.2) is 148 Å². The molecule has 50 heavy (non-hydrogen) atoms. The molecule has 0 radical (unpaired) electrons. The van der Waals surface area contributed by atoms with Crippen molar-refractivity contribution in [1.82, 2.24) is 0 Å². The summed E-state index contributed by atoms with van der Waals surface area (Å²) in [6.45, 7) is 0. The van der Waals surface area contributed by atoms with Crippen molar-refractivity contribution in [3.05, 3.63) is 156 Å². The quantitative estimate of drug-likeness (QED) is 0.191. The van der Waals surface area contributed by atoms with Crippen LogP contribution in [-0.2, 0) is 0 Å². The first kappa shape index (κ1) is 28.8. The summed E-state index contributed by atoms with van der Waals surface area (Å²) >= 11 is 0. The lowest BCUT2D eigenvalue weighted by atomic mass is 9.87. The molecule has 0 aliphatic heterocycles. The van der Waals surface area contributed by atoms with Crippen LogP contribution in [0.2, 0.25) is 0 Å². The molecule has 2 aromatic heterocycles. The van der Waals surface area contributed by atoms with Crippen molar-refractivity contribution in [2.45, 2.75) is 0 Å². The summed E-state index contributed by atoms with van der Waals surface area (Å²) in [5, 5.41) is 34.9. The van der Waals surface area contributed by atoms with Crippen LogP contribution < -0.4 is 0 Å². The Hall–Kier alpha value is -7.39. The van der Waals surface area contributed by atoms with Gasteiger partial charge in [-0.2, -0.15) is 15.8 Å². The highest BCUT2D eigenvalue weighted by Crippen LogP contribution is 2.41. The Morgan fingerprint density at radius 3 is 1.34 bits per heavy atom. The van der Waals surface area contributed by atoms with Crippen LogP contribution in [0.25, 0.3) is 88.4 Å². The molecule has 0 N–H and O–H groups in total. The van der Waals surface area contributed by atoms with Gasteiger partial charge in [0.15, 0.2) is 0 Å². The predicted molar refractivity (Wildman–Crippen MR) is 197 cm³/mol. The summed E-state index contributed by atoms with van der Waals surface area (Å²) in [5.74, 6) is 0. The lowest BCUT2D eigenvalue weighted by molar-refractivity contribution is 0.668. The summed E-state index contributed by atoms with van der Waals surface area (Å²) in [6, 6.07) is 52.2. The fourth-order valence-corrected chi connectivity index (χ4v) is 7.03. The van der Waals surface area contributed by atoms with E-state index in [0.29, 0.717) is 33.4 Å². The van der Waals surface area contributed by atoms with Crippen molar-refractivity contribution in [2.75, 3.05) is 0 Å². The van der Waals surface area contributed by atoms with Gasteiger partial charge in [-0.05, 0) is 112 Å². The van der Waals surface area contributed by atoms with Gasteiger partial charge in [0.1, 0.15) is 22.3 Å². The number of nitriles is 3. The van der Waals surface area contributed by atoms with Crippen molar-refractivity contribution in [2.24, 2.45) is 0 Å². The average molecular weight is 638 g/mol. The van der Waals surface area contributed by atoms with Crippen LogP contribution in [0.1, 0.15) is 16.7 Å². The third-order valence-corrected chi connectivity index (χ3v) is 9.38. The van der Waals surface area contributed by atoms with Crippen LogP contribution >= 0.6 is 0 Å². The molecule has 7 aromatic carbocycles. The third kappa shape index (κ3) is 4.61. The zero-order valence-corrected chi connectivity index (χ0v) is 26.4. The highest BCUT2D eigenvalue weighted by molar-refractivity contribution is 6.08. The van der Waals surface area contributed by atoms with Gasteiger partial charge in [-0.25, -0.2) is 0 Å². The van der Waals surface area contributed by atoms with Crippen molar-refractivity contribution in [3.63, 3.8) is 0 Å². The van der Waals surface area contributed by atoms with Crippen LogP contribution in [-0.4, -0.2) is 0 Å². The highest BCUT2D eigenvalue weighted by Gasteiger charge is 2.19. The van der Waals surface area contributed by atoms with Gasteiger partial charge in [0.05, 0.1) is 34.9 Å². The first-order chi connectivity index (χ1) is 24.6. The second-order valence-electron chi connectivity index (χ2n) is 12.2. The Labute approximate surface area is 286 Å². The van der Waals surface area contributed by atoms with E-state index in [1.807, 2.05) is 84.9 Å². The number of benzene rings is 7. The standard InChI is InChI=1S/C45H23N3O2/c46-24-29-7-1-2-8-36(29)32-20-34(25-47)45(35(21-32)26-48)33-18-30(27-13-15-43-39(22-27)37-9-3-5-11-41(37)49-43)17-31(19-33)28-14-16-44-40(23-28)38-10-4-6-12-42(38)50-44/h1-23H. The summed E-state index contributed by atoms with van der Waals surface area (Å²) in [7, 11) is 0. The Balaban J connectivity index is 1.30. The van der Waals surface area contributed by atoms with Crippen molar-refractivity contribution in [1.29, 1.82) is 15.8 Å². The second kappa shape index (κ2) is 11.4. The average Bonchev–Trinajstić information content (AvgIpc) is 3.74. The van der Waals surface area contributed by atoms with Crippen LogP contribution in [0.3, 0.4) is 0 Å². The summed E-state index contributed by atoms with van der Waals surface area (Å²) in [6.07, 6.45) is 0. The van der Waals surface area contributed by atoms with Gasteiger partial charge >= 0.3 is 0 Å². The molecule has 0 aliphatic carbocycles. The van der Waals surface area contributed by atoms with Crippen molar-refractivity contribution < 1.29 is 8.83 Å². The summed E-state index contributed by atoms with van der Waals surface area (Å²) in [4.78, 5) is 0. The molecule has 5 heteroatoms. The molecule has 2 heterocycles. The minimum Gasteiger partial charge on any atom is -0.456 e. The van der Waals surface area contributed by atoms with Gasteiger partial charge in [-0.1, -0.05) is 66.7 Å². The van der Waals surface area contributed by atoms with Gasteiger partial charge in [0.2, 0.25) is 0 Å². The van der Waals surface area contributed by atoms with Crippen LogP contribution in [0.5, 0.6) is 0 Å². The first-order valence-corrected chi connectivity index (χ1v) is 16.1. The van der Waals surface area contributed by atoms with Crippen LogP contribution in [0, 0.1) is 34.0 Å². The Kier molecular flexibility index (Phi) is 6.56. The molecule has 0 spiro atoms. The zero-order chi connectivity index (χ0) is 33.8. The van der Waals surface area contributed by atoms with Gasteiger partial charge in [0, 0.05) is 27.1 Å². The van der Waals surface area contributed by atoms with E-state index >= 15 is 0 Å². The van der Waals surface area contributed by atoms with E-state index in [2.05, 4.69) is 48.5 Å². The molecule has 230 valence electrons. The predicted octanol–water partition coefficient (Wildman–Crippen LogP) is 11.8. The van der Waals surface area contributed by atoms with E-state index in [0.717, 1.165) is 71.7 Å². The molecule has 9 rings (SSSR count). The fourth-order valence-electron chi connectivity index (χ4n) is 7.03. The number of furan rings is 2. The summed E-state index contributed by atoms with van der Waals surface area (Å²) in [5.41, 5.74) is 10.8. The lowest BCUT2D eigenvalue weighted by Gasteiger charge is -2.15. The molecular weight excluding hydrogens is 615 g/mol. The number of rotatable bonds is 4. The number of fused-ring (bicyclic) bond motifs is 6. The monoisotopic (exact) mass is 637 g/mol. The molecular formula is C45H23N3O2. The summed E-state index contributed by atoms with van der Waals surface area (Å²) < 4.78 is 12.2. The maximum absolute atomic E-state index is 10.5. The van der Waals surface area contributed by atoms with Crippen molar-refractivity contribution >= 4 is 43.9 Å². The largest absolute Gasteiger partial charge is 0.456 e. The third-order valence-electron chi connectivity index (χ3n) is 9.38. The first-order valence-electron chi connectivity index (χ1n) is 16.1. The number of hydrogen-bond acceptors (Lipinski definition) is 5. The van der Waals surface area contributed by atoms with E-state index in [-0.39, 0.29) is 0 Å². The molecule has 0 fully saturated rings. The van der Waals surface area contributed by atoms with Crippen molar-refractivity contribution in [3.8, 4) is 62.7 Å². The Morgan fingerprint density at radius 2 is 0.800 bits per heavy atom. The molecule has 0 amide bonds. The number of hydrogen-bond donors (Lipinski definition) is 0. The maximum Gasteiger partial charge on any atom is 0.135 e. The fraction of sp³-hybridized carbons (Fsp3) is 0. The molecule has 0 unspecified atom stereocenters. The number of para-hydroxylation sites is 2. The maximum atomic E-state index is 10.5. The molecule has 0 aliphatic rings. The molecule has 0 bridgehead atoms. The Morgan fingerprint density at radius 1 is 0.340 bits per heavy atom. The van der Waals surface area contributed by atoms with E-state index in [1.54, 1.807) is 24.3 Å². The minimum absolute atomic E-state index is 0.349. The van der Waals surface area contributed by atoms with E-state index < -0.39 is 0 Å². The van der Waals surface area contributed by atoms with Gasteiger partial charge in [-0.15, -0.1) is 0 Å². The SMILES string of the molecule is N#Cc1ccccc1-c1cc(C#N)c(-c2cc(-c3ccc4oc5ccccc5c4c3)cc(-c3ccc4oc5ccccc5c4c3)c2)c(C#N)c1. The molecule has 5 nitrogen and oxygen atoms in total. The molecule has 0 saturated carbocycles. The number of nitrogens with zero attached hydrogens (tertiary/aromatic N) is 3.